The first kappa shape index (κ1) is 10.9. The third kappa shape index (κ3) is 2.01. The van der Waals surface area contributed by atoms with Crippen LogP contribution in [-0.4, -0.2) is 25.7 Å². The van der Waals surface area contributed by atoms with Crippen molar-refractivity contribution in [2.75, 3.05) is 16.6 Å². The third-order valence-corrected chi connectivity index (χ3v) is 5.05. The van der Waals surface area contributed by atoms with Gasteiger partial charge in [0, 0.05) is 11.0 Å². The molecule has 1 aromatic heterocycles. The summed E-state index contributed by atoms with van der Waals surface area (Å²) in [7, 11) is -3.11. The molecule has 2 rings (SSSR count). The van der Waals surface area contributed by atoms with Gasteiger partial charge in [0.1, 0.15) is 5.82 Å². The summed E-state index contributed by atoms with van der Waals surface area (Å²) >= 11 is 3.34. The first-order valence-electron chi connectivity index (χ1n) is 4.64. The molecule has 0 radical (unpaired) electrons. The Morgan fingerprint density at radius 1 is 1.47 bits per heavy atom. The Balaban J connectivity index is 2.42. The number of aryl methyl sites for hydroxylation is 1. The second kappa shape index (κ2) is 3.75. The summed E-state index contributed by atoms with van der Waals surface area (Å²) in [5.74, 6) is 0.747. The van der Waals surface area contributed by atoms with Crippen LogP contribution in [-0.2, 0) is 10.0 Å². The summed E-state index contributed by atoms with van der Waals surface area (Å²) in [6.45, 7) is 2.38. The molecule has 1 aliphatic rings. The molecule has 0 spiro atoms. The highest BCUT2D eigenvalue weighted by atomic mass is 79.9. The molecule has 0 aromatic carbocycles. The van der Waals surface area contributed by atoms with Gasteiger partial charge in [-0.25, -0.2) is 13.4 Å². The molecular formula is C9H11BrN2O2S. The second-order valence-electron chi connectivity index (χ2n) is 3.48. The van der Waals surface area contributed by atoms with E-state index in [0.29, 0.717) is 18.8 Å². The van der Waals surface area contributed by atoms with Crippen LogP contribution in [0.25, 0.3) is 0 Å². The van der Waals surface area contributed by atoms with Crippen LogP contribution in [0.3, 0.4) is 0 Å². The van der Waals surface area contributed by atoms with E-state index in [-0.39, 0.29) is 5.75 Å². The van der Waals surface area contributed by atoms with E-state index in [2.05, 4.69) is 20.9 Å². The van der Waals surface area contributed by atoms with E-state index in [1.165, 1.54) is 4.31 Å². The van der Waals surface area contributed by atoms with Gasteiger partial charge in [-0.1, -0.05) is 0 Å². The number of aromatic nitrogens is 1. The monoisotopic (exact) mass is 290 g/mol. The van der Waals surface area contributed by atoms with Gasteiger partial charge in [-0.3, -0.25) is 4.31 Å². The summed E-state index contributed by atoms with van der Waals surface area (Å²) in [4.78, 5) is 4.25. The van der Waals surface area contributed by atoms with Crippen molar-refractivity contribution in [3.05, 3.63) is 22.3 Å². The number of hydrogen-bond acceptors (Lipinski definition) is 3. The van der Waals surface area contributed by atoms with Crippen molar-refractivity contribution < 1.29 is 8.42 Å². The Hall–Kier alpha value is -0.620. The van der Waals surface area contributed by atoms with Crippen molar-refractivity contribution in [2.45, 2.75) is 13.3 Å². The number of halogens is 1. The van der Waals surface area contributed by atoms with E-state index < -0.39 is 10.0 Å². The number of rotatable bonds is 1. The second-order valence-corrected chi connectivity index (χ2v) is 6.35. The summed E-state index contributed by atoms with van der Waals surface area (Å²) in [6.07, 6.45) is 0.680. The highest BCUT2D eigenvalue weighted by Gasteiger charge is 2.29. The van der Waals surface area contributed by atoms with E-state index in [4.69, 9.17) is 0 Å². The number of pyridine rings is 1. The summed E-state index contributed by atoms with van der Waals surface area (Å²) in [5.41, 5.74) is 0.801. The molecule has 0 bridgehead atoms. The minimum atomic E-state index is -3.11. The van der Waals surface area contributed by atoms with E-state index in [1.54, 1.807) is 6.07 Å². The third-order valence-electron chi connectivity index (χ3n) is 2.36. The maximum absolute atomic E-state index is 11.6. The molecule has 1 saturated heterocycles. The van der Waals surface area contributed by atoms with Crippen LogP contribution < -0.4 is 4.31 Å². The molecule has 82 valence electrons. The van der Waals surface area contributed by atoms with Crippen molar-refractivity contribution in [3.8, 4) is 0 Å². The molecule has 1 aliphatic heterocycles. The minimum Gasteiger partial charge on any atom is -0.254 e. The molecule has 15 heavy (non-hydrogen) atoms. The molecule has 2 heterocycles. The van der Waals surface area contributed by atoms with Crippen molar-refractivity contribution in [3.63, 3.8) is 0 Å². The maximum atomic E-state index is 11.6. The summed E-state index contributed by atoms with van der Waals surface area (Å²) < 4.78 is 25.5. The van der Waals surface area contributed by atoms with Crippen molar-refractivity contribution >= 4 is 31.8 Å². The Bertz CT molecular complexity index is 487. The molecule has 6 heteroatoms. The van der Waals surface area contributed by atoms with Crippen LogP contribution >= 0.6 is 15.9 Å². The normalized spacial score (nSPS) is 19.5. The largest absolute Gasteiger partial charge is 0.254 e. The molecule has 0 saturated carbocycles. The molecule has 1 aromatic rings. The fraction of sp³-hybridized carbons (Fsp3) is 0.444. The van der Waals surface area contributed by atoms with Crippen LogP contribution in [0.4, 0.5) is 5.82 Å². The van der Waals surface area contributed by atoms with Crippen LogP contribution in [0.2, 0.25) is 0 Å². The number of hydrogen-bond donors (Lipinski definition) is 0. The number of nitrogens with zero attached hydrogens (tertiary/aromatic N) is 2. The van der Waals surface area contributed by atoms with Crippen LogP contribution in [0.15, 0.2) is 16.6 Å². The van der Waals surface area contributed by atoms with Crippen molar-refractivity contribution in [1.29, 1.82) is 0 Å². The van der Waals surface area contributed by atoms with Crippen LogP contribution in [0.5, 0.6) is 0 Å². The zero-order chi connectivity index (χ0) is 11.1. The van der Waals surface area contributed by atoms with E-state index >= 15 is 0 Å². The Labute approximate surface area is 97.5 Å². The van der Waals surface area contributed by atoms with Gasteiger partial charge in [0.05, 0.1) is 11.4 Å². The lowest BCUT2D eigenvalue weighted by Gasteiger charge is -2.16. The lowest BCUT2D eigenvalue weighted by Crippen LogP contribution is -2.26. The van der Waals surface area contributed by atoms with Gasteiger partial charge in [0.2, 0.25) is 10.0 Å². The number of sulfonamides is 1. The molecule has 4 nitrogen and oxygen atoms in total. The summed E-state index contributed by atoms with van der Waals surface area (Å²) in [5, 5.41) is 0. The minimum absolute atomic E-state index is 0.226. The van der Waals surface area contributed by atoms with Gasteiger partial charge in [0.25, 0.3) is 0 Å². The van der Waals surface area contributed by atoms with E-state index in [9.17, 15) is 8.42 Å². The van der Waals surface area contributed by atoms with E-state index in [0.717, 1.165) is 10.2 Å². The first-order valence-corrected chi connectivity index (χ1v) is 7.04. The SMILES string of the molecule is Cc1nc(N2CCCS2(=O)=O)ccc1Br. The van der Waals surface area contributed by atoms with Crippen molar-refractivity contribution in [2.24, 2.45) is 0 Å². The Kier molecular flexibility index (Phi) is 2.72. The molecule has 0 unspecified atom stereocenters. The molecular weight excluding hydrogens is 280 g/mol. The van der Waals surface area contributed by atoms with Gasteiger partial charge in [-0.2, -0.15) is 0 Å². The van der Waals surface area contributed by atoms with Gasteiger partial charge < -0.3 is 0 Å². The highest BCUT2D eigenvalue weighted by molar-refractivity contribution is 9.10. The number of anilines is 1. The molecule has 0 N–H and O–H groups in total. The van der Waals surface area contributed by atoms with Crippen LogP contribution in [0.1, 0.15) is 12.1 Å². The van der Waals surface area contributed by atoms with E-state index in [1.807, 2.05) is 13.0 Å². The Morgan fingerprint density at radius 3 is 2.73 bits per heavy atom. The van der Waals surface area contributed by atoms with Gasteiger partial charge in [-0.05, 0) is 41.4 Å². The fourth-order valence-electron chi connectivity index (χ4n) is 1.57. The van der Waals surface area contributed by atoms with Crippen LogP contribution in [0, 0.1) is 6.92 Å². The average Bonchev–Trinajstić information content (AvgIpc) is 2.50. The predicted octanol–water partition coefficient (Wildman–Crippen LogP) is 1.69. The summed E-state index contributed by atoms with van der Waals surface area (Å²) in [6, 6.07) is 3.55. The van der Waals surface area contributed by atoms with Crippen molar-refractivity contribution in [1.82, 2.24) is 4.98 Å². The molecule has 0 amide bonds. The maximum Gasteiger partial charge on any atom is 0.236 e. The molecule has 0 aliphatic carbocycles. The van der Waals surface area contributed by atoms with Gasteiger partial charge in [0.15, 0.2) is 0 Å². The topological polar surface area (TPSA) is 50.3 Å². The zero-order valence-electron chi connectivity index (χ0n) is 8.27. The zero-order valence-corrected chi connectivity index (χ0v) is 10.7. The first-order chi connectivity index (χ1) is 7.00. The lowest BCUT2D eigenvalue weighted by molar-refractivity contribution is 0.599. The quantitative estimate of drug-likeness (QED) is 0.791. The standard InChI is InChI=1S/C9H11BrN2O2S/c1-7-8(10)3-4-9(11-7)12-5-2-6-15(12,13)14/h3-4H,2,5-6H2,1H3. The Morgan fingerprint density at radius 2 is 2.20 bits per heavy atom. The van der Waals surface area contributed by atoms with Gasteiger partial charge >= 0.3 is 0 Å². The highest BCUT2D eigenvalue weighted by Crippen LogP contribution is 2.24. The average molecular weight is 291 g/mol. The fourth-order valence-corrected chi connectivity index (χ4v) is 3.30. The lowest BCUT2D eigenvalue weighted by atomic mass is 10.3. The van der Waals surface area contributed by atoms with Gasteiger partial charge in [-0.15, -0.1) is 0 Å². The molecule has 0 atom stereocenters. The predicted molar refractivity (Wildman–Crippen MR) is 62.4 cm³/mol. The molecule has 1 fully saturated rings. The smallest absolute Gasteiger partial charge is 0.236 e.